The van der Waals surface area contributed by atoms with Gasteiger partial charge in [-0.25, -0.2) is 0 Å². The van der Waals surface area contributed by atoms with E-state index in [9.17, 15) is 5.11 Å². The lowest BCUT2D eigenvalue weighted by Crippen LogP contribution is -2.45. The Balaban J connectivity index is 2.16. The maximum Gasteiger partial charge on any atom is 0.0883 e. The zero-order valence-electron chi connectivity index (χ0n) is 8.73. The average molecular weight is 207 g/mol. The smallest absolute Gasteiger partial charge is 0.0883 e. The molecular weight excluding hydrogens is 190 g/mol. The normalized spacial score (nSPS) is 22.3. The molecule has 1 atom stereocenters. The molecule has 1 fully saturated rings. The molecule has 0 aliphatic carbocycles. The minimum Gasteiger partial charge on any atom is -0.388 e. The van der Waals surface area contributed by atoms with Gasteiger partial charge in [0.2, 0.25) is 0 Å². The second-order valence-corrected chi connectivity index (χ2v) is 4.10. The monoisotopic (exact) mass is 207 g/mol. The molecule has 1 heterocycles. The van der Waals surface area contributed by atoms with Crippen LogP contribution in [0.2, 0.25) is 0 Å². The van der Waals surface area contributed by atoms with Gasteiger partial charge in [0.25, 0.3) is 0 Å². The van der Waals surface area contributed by atoms with Gasteiger partial charge in [-0.05, 0) is 5.56 Å². The van der Waals surface area contributed by atoms with E-state index in [0.717, 1.165) is 5.56 Å². The number of aliphatic hydroxyl groups is 1. The molecule has 1 aliphatic heterocycles. The van der Waals surface area contributed by atoms with E-state index in [1.165, 1.54) is 0 Å². The van der Waals surface area contributed by atoms with Crippen molar-refractivity contribution in [2.75, 3.05) is 13.2 Å². The van der Waals surface area contributed by atoms with Gasteiger partial charge in [-0.15, -0.1) is 0 Å². The van der Waals surface area contributed by atoms with E-state index in [0.29, 0.717) is 26.1 Å². The van der Waals surface area contributed by atoms with Gasteiger partial charge in [0.15, 0.2) is 0 Å². The third-order valence-electron chi connectivity index (χ3n) is 3.10. The predicted molar refractivity (Wildman–Crippen MR) is 58.4 cm³/mol. The van der Waals surface area contributed by atoms with Gasteiger partial charge in [-0.1, -0.05) is 30.3 Å². The van der Waals surface area contributed by atoms with Crippen LogP contribution in [0.5, 0.6) is 0 Å². The van der Waals surface area contributed by atoms with Gasteiger partial charge in [0.1, 0.15) is 0 Å². The molecule has 0 amide bonds. The third-order valence-corrected chi connectivity index (χ3v) is 3.10. The Hall–Kier alpha value is -0.900. The summed E-state index contributed by atoms with van der Waals surface area (Å²) in [5.41, 5.74) is 6.28. The number of hydrogen-bond acceptors (Lipinski definition) is 3. The Labute approximate surface area is 89.9 Å². The van der Waals surface area contributed by atoms with E-state index in [2.05, 4.69) is 0 Å². The molecule has 0 bridgehead atoms. The first kappa shape index (κ1) is 10.6. The summed E-state index contributed by atoms with van der Waals surface area (Å²) in [7, 11) is 0. The Morgan fingerprint density at radius 2 is 1.80 bits per heavy atom. The van der Waals surface area contributed by atoms with Crippen LogP contribution in [0.1, 0.15) is 24.4 Å². The maximum absolute atomic E-state index is 10.4. The highest BCUT2D eigenvalue weighted by Crippen LogP contribution is 2.32. The minimum atomic E-state index is -0.806. The quantitative estimate of drug-likeness (QED) is 0.767. The van der Waals surface area contributed by atoms with Gasteiger partial charge >= 0.3 is 0 Å². The number of benzene rings is 1. The van der Waals surface area contributed by atoms with Gasteiger partial charge in [-0.3, -0.25) is 0 Å². The van der Waals surface area contributed by atoms with Crippen molar-refractivity contribution in [2.45, 2.75) is 24.5 Å². The highest BCUT2D eigenvalue weighted by atomic mass is 16.5. The summed E-state index contributed by atoms with van der Waals surface area (Å²) in [5.74, 6) is 0. The van der Waals surface area contributed by atoms with E-state index < -0.39 is 5.60 Å². The molecule has 0 radical (unpaired) electrons. The molecule has 15 heavy (non-hydrogen) atoms. The Kier molecular flexibility index (Phi) is 3.05. The Morgan fingerprint density at radius 3 is 2.40 bits per heavy atom. The molecule has 1 saturated heterocycles. The van der Waals surface area contributed by atoms with Crippen LogP contribution in [-0.2, 0) is 4.74 Å². The predicted octanol–water partition coefficient (Wildman–Crippen LogP) is 1.23. The topological polar surface area (TPSA) is 55.5 Å². The fourth-order valence-electron chi connectivity index (χ4n) is 2.01. The third kappa shape index (κ3) is 2.20. The molecule has 3 nitrogen and oxygen atoms in total. The molecule has 2 rings (SSSR count). The van der Waals surface area contributed by atoms with Gasteiger partial charge < -0.3 is 15.6 Å². The lowest BCUT2D eigenvalue weighted by atomic mass is 9.83. The fraction of sp³-hybridized carbons (Fsp3) is 0.500. The second-order valence-electron chi connectivity index (χ2n) is 4.10. The van der Waals surface area contributed by atoms with E-state index >= 15 is 0 Å². The van der Waals surface area contributed by atoms with Gasteiger partial charge in [-0.2, -0.15) is 0 Å². The standard InChI is InChI=1S/C12H17NO2/c13-11(10-4-2-1-3-5-10)12(14)6-8-15-9-7-12/h1-5,11,14H,6-9,13H2/t11-/m0/s1. The molecule has 0 unspecified atom stereocenters. The molecule has 0 aromatic heterocycles. The van der Waals surface area contributed by atoms with E-state index in [4.69, 9.17) is 10.5 Å². The average Bonchev–Trinajstić information content (AvgIpc) is 2.30. The van der Waals surface area contributed by atoms with E-state index in [-0.39, 0.29) is 6.04 Å². The SMILES string of the molecule is N[C@@H](c1ccccc1)C1(O)CCOCC1. The zero-order valence-corrected chi connectivity index (χ0v) is 8.73. The van der Waals surface area contributed by atoms with Crippen molar-refractivity contribution >= 4 is 0 Å². The van der Waals surface area contributed by atoms with Crippen LogP contribution >= 0.6 is 0 Å². The van der Waals surface area contributed by atoms with Crippen LogP contribution in [0, 0.1) is 0 Å². The molecule has 1 aromatic carbocycles. The summed E-state index contributed by atoms with van der Waals surface area (Å²) < 4.78 is 5.24. The second kappa shape index (κ2) is 4.31. The highest BCUT2D eigenvalue weighted by Gasteiger charge is 2.36. The largest absolute Gasteiger partial charge is 0.388 e. The first-order chi connectivity index (χ1) is 7.22. The van der Waals surface area contributed by atoms with Crippen LogP contribution in [0.25, 0.3) is 0 Å². The minimum absolute atomic E-state index is 0.317. The van der Waals surface area contributed by atoms with Crippen molar-refractivity contribution < 1.29 is 9.84 Å². The van der Waals surface area contributed by atoms with Crippen molar-refractivity contribution in [2.24, 2.45) is 5.73 Å². The highest BCUT2D eigenvalue weighted by molar-refractivity contribution is 5.21. The van der Waals surface area contributed by atoms with E-state index in [1.54, 1.807) is 0 Å². The molecule has 0 spiro atoms. The number of rotatable bonds is 2. The Morgan fingerprint density at radius 1 is 1.20 bits per heavy atom. The number of ether oxygens (including phenoxy) is 1. The van der Waals surface area contributed by atoms with Crippen LogP contribution in [0.15, 0.2) is 30.3 Å². The van der Waals surface area contributed by atoms with Crippen LogP contribution in [0.3, 0.4) is 0 Å². The van der Waals surface area contributed by atoms with E-state index in [1.807, 2.05) is 30.3 Å². The molecule has 3 N–H and O–H groups in total. The lowest BCUT2D eigenvalue weighted by Gasteiger charge is -2.37. The summed E-state index contributed by atoms with van der Waals surface area (Å²) in [6.07, 6.45) is 1.23. The molecule has 1 aromatic rings. The number of nitrogens with two attached hydrogens (primary N) is 1. The van der Waals surface area contributed by atoms with Crippen molar-refractivity contribution in [3.63, 3.8) is 0 Å². The number of hydrogen-bond donors (Lipinski definition) is 2. The van der Waals surface area contributed by atoms with Crippen LogP contribution < -0.4 is 5.73 Å². The molecular formula is C12H17NO2. The summed E-state index contributed by atoms with van der Waals surface area (Å²) >= 11 is 0. The first-order valence-electron chi connectivity index (χ1n) is 5.33. The summed E-state index contributed by atoms with van der Waals surface area (Å²) in [5, 5.41) is 10.4. The molecule has 1 aliphatic rings. The van der Waals surface area contributed by atoms with Crippen LogP contribution in [0.4, 0.5) is 0 Å². The lowest BCUT2D eigenvalue weighted by molar-refractivity contribution is -0.0790. The maximum atomic E-state index is 10.4. The summed E-state index contributed by atoms with van der Waals surface area (Å²) in [4.78, 5) is 0. The van der Waals surface area contributed by atoms with Gasteiger partial charge in [0.05, 0.1) is 11.6 Å². The summed E-state index contributed by atoms with van der Waals surface area (Å²) in [6, 6.07) is 9.43. The zero-order chi connectivity index (χ0) is 10.7. The Bertz CT molecular complexity index is 307. The van der Waals surface area contributed by atoms with Crippen LogP contribution in [-0.4, -0.2) is 23.9 Å². The van der Waals surface area contributed by atoms with Crippen molar-refractivity contribution in [3.05, 3.63) is 35.9 Å². The van der Waals surface area contributed by atoms with Crippen molar-refractivity contribution in [1.29, 1.82) is 0 Å². The molecule has 3 heteroatoms. The fourth-order valence-corrected chi connectivity index (χ4v) is 2.01. The molecule has 0 saturated carbocycles. The van der Waals surface area contributed by atoms with Crippen molar-refractivity contribution in [3.8, 4) is 0 Å². The van der Waals surface area contributed by atoms with Crippen molar-refractivity contribution in [1.82, 2.24) is 0 Å². The first-order valence-corrected chi connectivity index (χ1v) is 5.33. The van der Waals surface area contributed by atoms with Gasteiger partial charge in [0, 0.05) is 26.1 Å². The molecule has 82 valence electrons. The summed E-state index contributed by atoms with van der Waals surface area (Å²) in [6.45, 7) is 1.19.